The van der Waals surface area contributed by atoms with Crippen LogP contribution in [0.1, 0.15) is 6.92 Å². The number of hydrogen-bond acceptors (Lipinski definition) is 3. The van der Waals surface area contributed by atoms with Crippen LogP contribution in [0.3, 0.4) is 0 Å². The van der Waals surface area contributed by atoms with Crippen molar-refractivity contribution >= 4 is 10.0 Å². The van der Waals surface area contributed by atoms with E-state index in [1.165, 1.54) is 6.26 Å². The minimum atomic E-state index is -2.67. The molecule has 0 saturated carbocycles. The van der Waals surface area contributed by atoms with Crippen LogP contribution in [0.2, 0.25) is 0 Å². The van der Waals surface area contributed by atoms with Crippen molar-refractivity contribution in [3.8, 4) is 0 Å². The van der Waals surface area contributed by atoms with Crippen molar-refractivity contribution < 1.29 is 8.39 Å². The lowest BCUT2D eigenvalue weighted by Crippen LogP contribution is -1.98. The lowest BCUT2D eigenvalue weighted by Gasteiger charge is -1.94. The Kier molecular flexibility index (Phi) is 2.25. The van der Waals surface area contributed by atoms with Crippen LogP contribution < -0.4 is 0 Å². The number of hydrogen-bond donors (Lipinski definition) is 1. The monoisotopic (exact) mass is 123 g/mol. The molecule has 1 unspecified atom stereocenters. The van der Waals surface area contributed by atoms with E-state index in [9.17, 15) is 4.21 Å². The molecule has 7 heavy (non-hydrogen) atoms. The predicted molar refractivity (Wildman–Crippen MR) is 28.4 cm³/mol. The highest BCUT2D eigenvalue weighted by molar-refractivity contribution is 7.87. The van der Waals surface area contributed by atoms with Crippen molar-refractivity contribution in [3.05, 3.63) is 0 Å². The van der Waals surface area contributed by atoms with Gasteiger partial charge in [0.15, 0.2) is 10.0 Å². The zero-order valence-electron chi connectivity index (χ0n) is 4.43. The molecule has 0 aromatic carbocycles. The van der Waals surface area contributed by atoms with Gasteiger partial charge in [-0.05, 0) is 6.92 Å². The van der Waals surface area contributed by atoms with Gasteiger partial charge in [-0.2, -0.15) is 0 Å². The molecule has 4 heteroatoms. The highest BCUT2D eigenvalue weighted by atomic mass is 32.2. The summed E-state index contributed by atoms with van der Waals surface area (Å²) >= 11 is 0. The van der Waals surface area contributed by atoms with E-state index in [2.05, 4.69) is 4.18 Å². The summed E-state index contributed by atoms with van der Waals surface area (Å²) in [4.78, 5) is 0. The molecule has 3 nitrogen and oxygen atoms in total. The predicted octanol–water partition coefficient (Wildman–Crippen LogP) is 0.614. The Balaban J connectivity index is 3.60. The maximum atomic E-state index is 10.2. The third-order valence-corrected chi connectivity index (χ3v) is 1.03. The minimum absolute atomic E-state index is 0.346. The Morgan fingerprint density at radius 3 is 2.29 bits per heavy atom. The van der Waals surface area contributed by atoms with Crippen LogP contribution in [0.15, 0.2) is 0 Å². The molecule has 0 aliphatic heterocycles. The minimum Gasteiger partial charge on any atom is -0.286 e. The summed E-state index contributed by atoms with van der Waals surface area (Å²) in [5, 5.41) is 0. The Morgan fingerprint density at radius 1 is 1.86 bits per heavy atom. The topological polar surface area (TPSA) is 50.1 Å². The Bertz CT molecular complexity index is 126. The van der Waals surface area contributed by atoms with Gasteiger partial charge in [0, 0.05) is 6.26 Å². The molecule has 0 amide bonds. The van der Waals surface area contributed by atoms with E-state index in [-0.39, 0.29) is 0 Å². The Hall–Kier alpha value is -0.0900. The van der Waals surface area contributed by atoms with Crippen molar-refractivity contribution in [2.75, 3.05) is 12.9 Å². The van der Waals surface area contributed by atoms with Gasteiger partial charge in [-0.25, -0.2) is 8.99 Å². The van der Waals surface area contributed by atoms with E-state index in [0.717, 1.165) is 0 Å². The molecule has 0 aliphatic carbocycles. The fourth-order valence-electron chi connectivity index (χ4n) is 0.225. The highest BCUT2D eigenvalue weighted by Crippen LogP contribution is 1.84. The van der Waals surface area contributed by atoms with E-state index >= 15 is 0 Å². The molecular formula is C3H9NO2S. The van der Waals surface area contributed by atoms with E-state index < -0.39 is 10.0 Å². The van der Waals surface area contributed by atoms with E-state index in [1.54, 1.807) is 6.92 Å². The maximum Gasteiger partial charge on any atom is 0.157 e. The molecule has 0 saturated heterocycles. The summed E-state index contributed by atoms with van der Waals surface area (Å²) in [6.45, 7) is 2.05. The summed E-state index contributed by atoms with van der Waals surface area (Å²) in [7, 11) is -2.67. The first-order valence-electron chi connectivity index (χ1n) is 1.94. The van der Waals surface area contributed by atoms with Gasteiger partial charge in [-0.15, -0.1) is 0 Å². The van der Waals surface area contributed by atoms with Crippen LogP contribution in [0.5, 0.6) is 0 Å². The fraction of sp³-hybridized carbons (Fsp3) is 1.00. The van der Waals surface area contributed by atoms with Gasteiger partial charge in [0.05, 0.1) is 6.61 Å². The van der Waals surface area contributed by atoms with E-state index in [0.29, 0.717) is 6.61 Å². The summed E-state index contributed by atoms with van der Waals surface area (Å²) in [6, 6.07) is 0. The average molecular weight is 123 g/mol. The molecule has 1 atom stereocenters. The molecule has 0 bridgehead atoms. The van der Waals surface area contributed by atoms with Crippen molar-refractivity contribution in [2.45, 2.75) is 6.92 Å². The Morgan fingerprint density at radius 2 is 2.29 bits per heavy atom. The van der Waals surface area contributed by atoms with Crippen molar-refractivity contribution in [1.82, 2.24) is 0 Å². The maximum absolute atomic E-state index is 10.2. The molecule has 0 aromatic heterocycles. The number of nitrogens with one attached hydrogen (secondary N) is 1. The lowest BCUT2D eigenvalue weighted by molar-refractivity contribution is 0.366. The van der Waals surface area contributed by atoms with Crippen LogP contribution in [-0.4, -0.2) is 17.1 Å². The zero-order valence-corrected chi connectivity index (χ0v) is 5.25. The molecule has 0 spiro atoms. The average Bonchev–Trinajstić information content (AvgIpc) is 1.30. The molecule has 44 valence electrons. The number of rotatable bonds is 2. The second-order valence-corrected chi connectivity index (χ2v) is 2.96. The third-order valence-electron chi connectivity index (χ3n) is 0.343. The molecular weight excluding hydrogens is 114 g/mol. The molecule has 0 heterocycles. The molecule has 0 fully saturated rings. The van der Waals surface area contributed by atoms with Gasteiger partial charge in [0.1, 0.15) is 0 Å². The van der Waals surface area contributed by atoms with Gasteiger partial charge >= 0.3 is 0 Å². The van der Waals surface area contributed by atoms with Gasteiger partial charge in [-0.1, -0.05) is 0 Å². The van der Waals surface area contributed by atoms with E-state index in [1.807, 2.05) is 0 Å². The SMILES string of the molecule is CCOS(C)(=N)=O. The molecule has 0 rings (SSSR count). The lowest BCUT2D eigenvalue weighted by atomic mass is 10.9. The van der Waals surface area contributed by atoms with Crippen LogP contribution >= 0.6 is 0 Å². The standard InChI is InChI=1S/C3H9NO2S/c1-3-6-7(2,4)5/h4H,3H2,1-2H3. The largest absolute Gasteiger partial charge is 0.286 e. The normalized spacial score (nSPS) is 18.6. The van der Waals surface area contributed by atoms with Gasteiger partial charge < -0.3 is 0 Å². The summed E-state index contributed by atoms with van der Waals surface area (Å²) in [6.07, 6.45) is 1.25. The smallest absolute Gasteiger partial charge is 0.157 e. The molecule has 1 N–H and O–H groups in total. The Labute approximate surface area is 43.9 Å². The van der Waals surface area contributed by atoms with Crippen molar-refractivity contribution in [1.29, 1.82) is 4.78 Å². The first kappa shape index (κ1) is 6.91. The van der Waals surface area contributed by atoms with Crippen LogP contribution in [0.4, 0.5) is 0 Å². The van der Waals surface area contributed by atoms with Crippen LogP contribution in [0.25, 0.3) is 0 Å². The van der Waals surface area contributed by atoms with Crippen LogP contribution in [-0.2, 0) is 14.2 Å². The highest BCUT2D eigenvalue weighted by Gasteiger charge is 1.89. The molecule has 0 radical (unpaired) electrons. The molecule has 0 aromatic rings. The van der Waals surface area contributed by atoms with E-state index in [4.69, 9.17) is 4.78 Å². The molecule has 0 aliphatic rings. The summed E-state index contributed by atoms with van der Waals surface area (Å²) < 4.78 is 21.3. The quantitative estimate of drug-likeness (QED) is 0.585. The van der Waals surface area contributed by atoms with Crippen molar-refractivity contribution in [3.63, 3.8) is 0 Å². The summed E-state index contributed by atoms with van der Waals surface area (Å²) in [5.74, 6) is 0. The van der Waals surface area contributed by atoms with Gasteiger partial charge in [0.2, 0.25) is 0 Å². The van der Waals surface area contributed by atoms with Crippen molar-refractivity contribution in [2.24, 2.45) is 0 Å². The second-order valence-electron chi connectivity index (χ2n) is 1.18. The van der Waals surface area contributed by atoms with Gasteiger partial charge in [-0.3, -0.25) is 4.18 Å². The van der Waals surface area contributed by atoms with Crippen LogP contribution in [0, 0.1) is 4.78 Å². The third kappa shape index (κ3) is 5.91. The van der Waals surface area contributed by atoms with Gasteiger partial charge in [0.25, 0.3) is 0 Å². The fourth-order valence-corrected chi connectivity index (χ4v) is 0.675. The first-order chi connectivity index (χ1) is 3.06. The summed E-state index contributed by atoms with van der Waals surface area (Å²) in [5.41, 5.74) is 0. The first-order valence-corrected chi connectivity index (χ1v) is 3.83. The second kappa shape index (κ2) is 2.28. The zero-order chi connectivity index (χ0) is 5.91.